The number of halogens is 1. The Balaban J connectivity index is 3.14. The second kappa shape index (κ2) is 3.26. The summed E-state index contributed by atoms with van der Waals surface area (Å²) in [5.74, 6) is 0. The molecule has 1 N–H and O–H groups in total. The van der Waals surface area contributed by atoms with Gasteiger partial charge >= 0.3 is 0 Å². The number of nitrogens with zero attached hydrogens (tertiary/aromatic N) is 1. The summed E-state index contributed by atoms with van der Waals surface area (Å²) in [7, 11) is 0. The van der Waals surface area contributed by atoms with Crippen LogP contribution in [-0.4, -0.2) is 5.11 Å². The molecule has 0 spiro atoms. The number of benzene rings is 1. The summed E-state index contributed by atoms with van der Waals surface area (Å²) in [6, 6.07) is 8.89. The first kappa shape index (κ1) is 9.24. The molecule has 2 nitrogen and oxygen atoms in total. The first-order valence-corrected chi connectivity index (χ1v) is 4.25. The van der Waals surface area contributed by atoms with Crippen LogP contribution in [0, 0.1) is 11.3 Å². The van der Waals surface area contributed by atoms with Gasteiger partial charge < -0.3 is 5.11 Å². The fraction of sp³-hybridized carbons (Fsp3) is 0.222. The maximum absolute atomic E-state index is 9.54. The molecule has 0 fully saturated rings. The molecule has 0 aromatic heterocycles. The molecule has 0 saturated carbocycles. The van der Waals surface area contributed by atoms with Gasteiger partial charge in [-0.25, -0.2) is 0 Å². The lowest BCUT2D eigenvalue weighted by Crippen LogP contribution is -2.17. The third kappa shape index (κ3) is 1.84. The summed E-state index contributed by atoms with van der Waals surface area (Å²) in [6.45, 7) is 1.47. The molecule has 1 unspecified atom stereocenters. The Morgan fingerprint density at radius 3 is 2.75 bits per heavy atom. The molecular formula is C9H8BrNO. The minimum Gasteiger partial charge on any atom is -0.372 e. The van der Waals surface area contributed by atoms with E-state index in [-0.39, 0.29) is 0 Å². The lowest BCUT2D eigenvalue weighted by molar-refractivity contribution is 0.119. The highest BCUT2D eigenvalue weighted by Crippen LogP contribution is 2.22. The summed E-state index contributed by atoms with van der Waals surface area (Å²) in [5, 5.41) is 18.2. The van der Waals surface area contributed by atoms with Gasteiger partial charge in [-0.15, -0.1) is 0 Å². The van der Waals surface area contributed by atoms with E-state index in [4.69, 9.17) is 5.26 Å². The third-order valence-electron chi connectivity index (χ3n) is 1.60. The van der Waals surface area contributed by atoms with E-state index in [1.807, 2.05) is 12.1 Å². The van der Waals surface area contributed by atoms with Gasteiger partial charge in [-0.2, -0.15) is 5.26 Å². The fourth-order valence-electron chi connectivity index (χ4n) is 0.856. The van der Waals surface area contributed by atoms with Gasteiger partial charge in [0.25, 0.3) is 0 Å². The second-order valence-corrected chi connectivity index (χ2v) is 3.61. The number of nitriles is 1. The normalized spacial score (nSPS) is 14.8. The highest BCUT2D eigenvalue weighted by atomic mass is 79.9. The molecule has 0 aliphatic rings. The van der Waals surface area contributed by atoms with Crippen LogP contribution in [0.15, 0.2) is 28.7 Å². The van der Waals surface area contributed by atoms with Crippen molar-refractivity contribution < 1.29 is 5.11 Å². The van der Waals surface area contributed by atoms with Crippen molar-refractivity contribution in [2.45, 2.75) is 12.5 Å². The number of hydrogen-bond acceptors (Lipinski definition) is 2. The van der Waals surface area contributed by atoms with E-state index in [1.165, 1.54) is 6.92 Å². The Kier molecular flexibility index (Phi) is 2.51. The summed E-state index contributed by atoms with van der Waals surface area (Å²) in [5.41, 5.74) is -0.802. The lowest BCUT2D eigenvalue weighted by atomic mass is 9.98. The predicted octanol–water partition coefficient (Wildman–Crippen LogP) is 2.18. The number of rotatable bonds is 1. The Bertz CT molecular complexity index is 328. The topological polar surface area (TPSA) is 44.0 Å². The highest BCUT2D eigenvalue weighted by Gasteiger charge is 2.21. The summed E-state index contributed by atoms with van der Waals surface area (Å²) in [4.78, 5) is 0. The minimum atomic E-state index is -1.40. The van der Waals surface area contributed by atoms with Gasteiger partial charge in [0, 0.05) is 4.47 Å². The standard InChI is InChI=1S/C9H8BrNO/c1-9(12,6-11)7-3-2-4-8(10)5-7/h2-5,12H,1H3. The van der Waals surface area contributed by atoms with Crippen molar-refractivity contribution in [3.05, 3.63) is 34.3 Å². The molecule has 0 radical (unpaired) electrons. The maximum atomic E-state index is 9.54. The van der Waals surface area contributed by atoms with Crippen LogP contribution in [0.3, 0.4) is 0 Å². The van der Waals surface area contributed by atoms with Crippen molar-refractivity contribution in [1.82, 2.24) is 0 Å². The smallest absolute Gasteiger partial charge is 0.173 e. The quantitative estimate of drug-likeness (QED) is 0.746. The summed E-state index contributed by atoms with van der Waals surface area (Å²) < 4.78 is 0.857. The van der Waals surface area contributed by atoms with Crippen molar-refractivity contribution in [2.24, 2.45) is 0 Å². The molecule has 0 aliphatic carbocycles. The van der Waals surface area contributed by atoms with Gasteiger partial charge in [0.2, 0.25) is 0 Å². The zero-order valence-corrected chi connectivity index (χ0v) is 8.17. The number of aliphatic hydroxyl groups is 1. The minimum absolute atomic E-state index is 0.597. The van der Waals surface area contributed by atoms with Crippen molar-refractivity contribution in [3.63, 3.8) is 0 Å². The van der Waals surface area contributed by atoms with E-state index in [1.54, 1.807) is 18.2 Å². The molecule has 0 heterocycles. The van der Waals surface area contributed by atoms with Crippen LogP contribution in [-0.2, 0) is 5.60 Å². The van der Waals surface area contributed by atoms with Crippen LogP contribution in [0.25, 0.3) is 0 Å². The van der Waals surface area contributed by atoms with Crippen LogP contribution < -0.4 is 0 Å². The van der Waals surface area contributed by atoms with Gasteiger partial charge in [-0.05, 0) is 24.6 Å². The molecular weight excluding hydrogens is 218 g/mol. The van der Waals surface area contributed by atoms with Crippen LogP contribution in [0.1, 0.15) is 12.5 Å². The second-order valence-electron chi connectivity index (χ2n) is 2.69. The predicted molar refractivity (Wildman–Crippen MR) is 49.3 cm³/mol. The van der Waals surface area contributed by atoms with Crippen LogP contribution >= 0.6 is 15.9 Å². The molecule has 1 aromatic rings. The van der Waals surface area contributed by atoms with Gasteiger partial charge in [0.15, 0.2) is 5.60 Å². The van der Waals surface area contributed by atoms with Gasteiger partial charge in [-0.1, -0.05) is 28.1 Å². The molecule has 0 saturated heterocycles. The monoisotopic (exact) mass is 225 g/mol. The Morgan fingerprint density at radius 1 is 1.58 bits per heavy atom. The van der Waals surface area contributed by atoms with E-state index in [9.17, 15) is 5.11 Å². The highest BCUT2D eigenvalue weighted by molar-refractivity contribution is 9.10. The zero-order valence-electron chi connectivity index (χ0n) is 6.58. The average Bonchev–Trinajstić information content (AvgIpc) is 2.05. The van der Waals surface area contributed by atoms with Gasteiger partial charge in [0.05, 0.1) is 0 Å². The van der Waals surface area contributed by atoms with Crippen molar-refractivity contribution in [3.8, 4) is 6.07 Å². The van der Waals surface area contributed by atoms with Gasteiger partial charge in [-0.3, -0.25) is 0 Å². The van der Waals surface area contributed by atoms with Crippen molar-refractivity contribution in [2.75, 3.05) is 0 Å². The fourth-order valence-corrected chi connectivity index (χ4v) is 1.26. The largest absolute Gasteiger partial charge is 0.372 e. The van der Waals surface area contributed by atoms with Crippen LogP contribution in [0.5, 0.6) is 0 Å². The molecule has 12 heavy (non-hydrogen) atoms. The first-order valence-electron chi connectivity index (χ1n) is 3.46. The molecule has 0 aliphatic heterocycles. The van der Waals surface area contributed by atoms with Crippen LogP contribution in [0.4, 0.5) is 0 Å². The van der Waals surface area contributed by atoms with E-state index in [0.717, 1.165) is 4.47 Å². The molecule has 0 bridgehead atoms. The Labute approximate surface area is 79.6 Å². The third-order valence-corrected chi connectivity index (χ3v) is 2.10. The van der Waals surface area contributed by atoms with Crippen molar-refractivity contribution >= 4 is 15.9 Å². The molecule has 0 amide bonds. The van der Waals surface area contributed by atoms with E-state index in [0.29, 0.717) is 5.56 Å². The van der Waals surface area contributed by atoms with Crippen molar-refractivity contribution in [1.29, 1.82) is 5.26 Å². The summed E-state index contributed by atoms with van der Waals surface area (Å²) in [6.07, 6.45) is 0. The molecule has 3 heteroatoms. The van der Waals surface area contributed by atoms with E-state index < -0.39 is 5.60 Å². The lowest BCUT2D eigenvalue weighted by Gasteiger charge is -2.14. The molecule has 1 rings (SSSR count). The summed E-state index contributed by atoms with van der Waals surface area (Å²) >= 11 is 3.26. The van der Waals surface area contributed by atoms with Gasteiger partial charge in [0.1, 0.15) is 6.07 Å². The zero-order chi connectivity index (χ0) is 9.19. The Morgan fingerprint density at radius 2 is 2.25 bits per heavy atom. The molecule has 1 aromatic carbocycles. The maximum Gasteiger partial charge on any atom is 0.173 e. The molecule has 62 valence electrons. The van der Waals surface area contributed by atoms with Crippen LogP contribution in [0.2, 0.25) is 0 Å². The molecule has 1 atom stereocenters. The van der Waals surface area contributed by atoms with E-state index in [2.05, 4.69) is 15.9 Å². The average molecular weight is 226 g/mol. The van der Waals surface area contributed by atoms with E-state index >= 15 is 0 Å². The SMILES string of the molecule is CC(O)(C#N)c1cccc(Br)c1. The Hall–Kier alpha value is -0.850. The first-order chi connectivity index (χ1) is 5.56. The number of hydrogen-bond donors (Lipinski definition) is 1.